The fraction of sp³-hybridized carbons (Fsp3) is 0.333. The number of methoxy groups -OCH3 is 1. The predicted molar refractivity (Wildman–Crippen MR) is 93.6 cm³/mol. The molecular formula is C18H19ClF2O3S. The van der Waals surface area contributed by atoms with Crippen LogP contribution in [-0.2, 0) is 21.0 Å². The molecule has 0 saturated carbocycles. The van der Waals surface area contributed by atoms with E-state index in [9.17, 15) is 17.2 Å². The Morgan fingerprint density at radius 3 is 2.40 bits per heavy atom. The van der Waals surface area contributed by atoms with Crippen LogP contribution >= 0.6 is 11.6 Å². The predicted octanol–water partition coefficient (Wildman–Crippen LogP) is 4.43. The second kappa shape index (κ2) is 8.74. The Hall–Kier alpha value is -1.50. The lowest BCUT2D eigenvalue weighted by atomic mass is 10.1. The molecule has 0 bridgehead atoms. The van der Waals surface area contributed by atoms with E-state index in [1.54, 1.807) is 0 Å². The minimum Gasteiger partial charge on any atom is -0.385 e. The minimum absolute atomic E-state index is 0.116. The number of rotatable bonds is 8. The quantitative estimate of drug-likeness (QED) is 0.671. The van der Waals surface area contributed by atoms with Crippen molar-refractivity contribution in [1.29, 1.82) is 0 Å². The van der Waals surface area contributed by atoms with Gasteiger partial charge in [0, 0.05) is 18.7 Å². The van der Waals surface area contributed by atoms with Gasteiger partial charge in [0.05, 0.1) is 10.1 Å². The molecule has 0 saturated heterocycles. The second-order valence-electron chi connectivity index (χ2n) is 5.68. The van der Waals surface area contributed by atoms with Gasteiger partial charge < -0.3 is 4.74 Å². The summed E-state index contributed by atoms with van der Waals surface area (Å²) in [5.74, 6) is -1.10. The van der Waals surface area contributed by atoms with Gasteiger partial charge in [-0.05, 0) is 67.3 Å². The third-order valence-corrected chi connectivity index (χ3v) is 6.50. The summed E-state index contributed by atoms with van der Waals surface area (Å²) in [6.45, 7) is 0.253. The highest BCUT2D eigenvalue weighted by Gasteiger charge is 2.27. The van der Waals surface area contributed by atoms with Gasteiger partial charge in [0.15, 0.2) is 9.84 Å². The van der Waals surface area contributed by atoms with Crippen LogP contribution in [0.4, 0.5) is 8.78 Å². The first kappa shape index (κ1) is 19.8. The highest BCUT2D eigenvalue weighted by atomic mass is 35.5. The Bertz CT molecular complexity index is 808. The lowest BCUT2D eigenvalue weighted by Crippen LogP contribution is -2.24. The molecule has 1 atom stereocenters. The molecule has 136 valence electrons. The largest absolute Gasteiger partial charge is 0.385 e. The van der Waals surface area contributed by atoms with Crippen molar-refractivity contribution in [3.05, 3.63) is 64.7 Å². The number of halogens is 3. The molecule has 3 nitrogen and oxygen atoms in total. The summed E-state index contributed by atoms with van der Waals surface area (Å²) < 4.78 is 57.8. The van der Waals surface area contributed by atoms with Crippen molar-refractivity contribution in [2.75, 3.05) is 13.7 Å². The van der Waals surface area contributed by atoms with E-state index in [1.165, 1.54) is 31.4 Å². The molecule has 0 spiro atoms. The Labute approximate surface area is 151 Å². The number of ether oxygens (including phenoxy) is 1. The number of sulfone groups is 1. The molecule has 0 radical (unpaired) electrons. The van der Waals surface area contributed by atoms with E-state index in [4.69, 9.17) is 16.3 Å². The first-order valence-corrected chi connectivity index (χ1v) is 9.69. The molecule has 2 rings (SSSR count). The van der Waals surface area contributed by atoms with Crippen LogP contribution in [0.2, 0.25) is 5.02 Å². The highest BCUT2D eigenvalue weighted by Crippen LogP contribution is 2.25. The molecule has 25 heavy (non-hydrogen) atoms. The second-order valence-corrected chi connectivity index (χ2v) is 8.34. The van der Waals surface area contributed by atoms with E-state index in [0.717, 1.165) is 18.2 Å². The van der Waals surface area contributed by atoms with E-state index in [1.807, 2.05) is 0 Å². The van der Waals surface area contributed by atoms with Gasteiger partial charge in [-0.25, -0.2) is 17.2 Å². The van der Waals surface area contributed by atoms with Crippen molar-refractivity contribution in [3.8, 4) is 0 Å². The third kappa shape index (κ3) is 5.23. The Morgan fingerprint density at radius 1 is 1.08 bits per heavy atom. The van der Waals surface area contributed by atoms with Gasteiger partial charge >= 0.3 is 0 Å². The van der Waals surface area contributed by atoms with Gasteiger partial charge in [-0.3, -0.25) is 0 Å². The monoisotopic (exact) mass is 388 g/mol. The van der Waals surface area contributed by atoms with Crippen molar-refractivity contribution in [1.82, 2.24) is 0 Å². The molecule has 0 amide bonds. The average Bonchev–Trinajstić information content (AvgIpc) is 2.58. The van der Waals surface area contributed by atoms with Crippen LogP contribution in [0.5, 0.6) is 0 Å². The summed E-state index contributed by atoms with van der Waals surface area (Å²) in [5.41, 5.74) is 0.161. The molecule has 0 aromatic heterocycles. The topological polar surface area (TPSA) is 43.4 Å². The lowest BCUT2D eigenvalue weighted by Gasteiger charge is -2.18. The molecule has 0 aliphatic heterocycles. The van der Waals surface area contributed by atoms with Crippen LogP contribution in [0.25, 0.3) is 0 Å². The lowest BCUT2D eigenvalue weighted by molar-refractivity contribution is 0.192. The van der Waals surface area contributed by atoms with Crippen LogP contribution in [0.1, 0.15) is 18.4 Å². The molecule has 7 heteroatoms. The summed E-state index contributed by atoms with van der Waals surface area (Å²) in [6, 6.07) is 9.08. The van der Waals surface area contributed by atoms with Gasteiger partial charge in [0.1, 0.15) is 11.6 Å². The summed E-state index contributed by atoms with van der Waals surface area (Å²) in [6.07, 6.45) is 0.540. The number of benzene rings is 2. The molecule has 1 unspecified atom stereocenters. The van der Waals surface area contributed by atoms with Gasteiger partial charge in [-0.2, -0.15) is 0 Å². The number of aryl methyl sites for hydroxylation is 1. The third-order valence-electron chi connectivity index (χ3n) is 3.97. The van der Waals surface area contributed by atoms with Gasteiger partial charge in [-0.15, -0.1) is 0 Å². The van der Waals surface area contributed by atoms with Crippen LogP contribution in [0.3, 0.4) is 0 Å². The maximum atomic E-state index is 13.8. The fourth-order valence-corrected chi connectivity index (χ4v) is 4.43. The first-order chi connectivity index (χ1) is 11.8. The number of hydrogen-bond donors (Lipinski definition) is 0. The van der Waals surface area contributed by atoms with Crippen LogP contribution in [-0.4, -0.2) is 27.4 Å². The molecule has 2 aromatic carbocycles. The van der Waals surface area contributed by atoms with Crippen molar-refractivity contribution >= 4 is 21.4 Å². The first-order valence-electron chi connectivity index (χ1n) is 7.77. The fourth-order valence-electron chi connectivity index (χ4n) is 2.57. The molecule has 0 heterocycles. The minimum atomic E-state index is -3.64. The van der Waals surface area contributed by atoms with Crippen molar-refractivity contribution < 1.29 is 21.9 Å². The summed E-state index contributed by atoms with van der Waals surface area (Å²) in [7, 11) is -2.15. The van der Waals surface area contributed by atoms with Crippen molar-refractivity contribution in [2.24, 2.45) is 0 Å². The average molecular weight is 389 g/mol. The molecule has 0 fully saturated rings. The zero-order valence-corrected chi connectivity index (χ0v) is 15.3. The summed E-state index contributed by atoms with van der Waals surface area (Å²) in [4.78, 5) is 0.151. The van der Waals surface area contributed by atoms with E-state index in [2.05, 4.69) is 0 Å². The normalized spacial score (nSPS) is 13.0. The Morgan fingerprint density at radius 2 is 1.76 bits per heavy atom. The molecule has 2 aromatic rings. The van der Waals surface area contributed by atoms with Crippen molar-refractivity contribution in [2.45, 2.75) is 29.4 Å². The smallest absolute Gasteiger partial charge is 0.181 e. The Kier molecular flexibility index (Phi) is 6.93. The Balaban J connectivity index is 2.22. The summed E-state index contributed by atoms with van der Waals surface area (Å²) in [5, 5.41) is -0.328. The summed E-state index contributed by atoms with van der Waals surface area (Å²) >= 11 is 5.81. The van der Waals surface area contributed by atoms with Crippen LogP contribution in [0.15, 0.2) is 47.4 Å². The van der Waals surface area contributed by atoms with Crippen LogP contribution in [0, 0.1) is 11.6 Å². The van der Waals surface area contributed by atoms with Crippen molar-refractivity contribution in [3.63, 3.8) is 0 Å². The molecule has 0 N–H and O–H groups in total. The van der Waals surface area contributed by atoms with Gasteiger partial charge in [-0.1, -0.05) is 11.6 Å². The van der Waals surface area contributed by atoms with Crippen LogP contribution < -0.4 is 0 Å². The highest BCUT2D eigenvalue weighted by molar-refractivity contribution is 7.92. The van der Waals surface area contributed by atoms with Gasteiger partial charge in [0.2, 0.25) is 0 Å². The van der Waals surface area contributed by atoms with E-state index < -0.39 is 26.7 Å². The molecular weight excluding hydrogens is 370 g/mol. The van der Waals surface area contributed by atoms with Gasteiger partial charge in [0.25, 0.3) is 0 Å². The zero-order chi connectivity index (χ0) is 18.4. The SMILES string of the molecule is COCCC(CCc1cc(F)ccc1F)S(=O)(=O)c1ccc(Cl)cc1. The standard InChI is InChI=1S/C18H19ClF2O3S/c1-24-11-10-17(6-2-13-12-15(20)5-9-18(13)21)25(22,23)16-7-3-14(19)4-8-16/h3-5,7-9,12,17H,2,6,10-11H2,1H3. The molecule has 0 aliphatic carbocycles. The maximum Gasteiger partial charge on any atom is 0.181 e. The number of hydrogen-bond acceptors (Lipinski definition) is 3. The van der Waals surface area contributed by atoms with E-state index in [-0.39, 0.29) is 36.3 Å². The molecule has 0 aliphatic rings. The van der Waals surface area contributed by atoms with E-state index >= 15 is 0 Å². The zero-order valence-electron chi connectivity index (χ0n) is 13.7. The maximum absolute atomic E-state index is 13.8. The van der Waals surface area contributed by atoms with E-state index in [0.29, 0.717) is 5.02 Å².